The first kappa shape index (κ1) is 9.84. The van der Waals surface area contributed by atoms with Gasteiger partial charge in [-0.1, -0.05) is 0 Å². The first-order valence-corrected chi connectivity index (χ1v) is 3.17. The molecule has 0 fully saturated rings. The van der Waals surface area contributed by atoms with Crippen molar-refractivity contribution in [3.63, 3.8) is 0 Å². The summed E-state index contributed by atoms with van der Waals surface area (Å²) in [6.07, 6.45) is -0.225. The molecule has 0 unspecified atom stereocenters. The molecule has 0 aliphatic carbocycles. The fourth-order valence-corrected chi connectivity index (χ4v) is 0.453. The van der Waals surface area contributed by atoms with Gasteiger partial charge in [0.1, 0.15) is 6.79 Å². The zero-order chi connectivity index (χ0) is 7.82. The second-order valence-corrected chi connectivity index (χ2v) is 1.94. The van der Waals surface area contributed by atoms with Crippen molar-refractivity contribution in [2.45, 2.75) is 12.5 Å². The third-order valence-electron chi connectivity index (χ3n) is 1.01. The summed E-state index contributed by atoms with van der Waals surface area (Å²) in [6.45, 7) is 0.435. The van der Waals surface area contributed by atoms with Crippen LogP contribution < -0.4 is 0 Å². The summed E-state index contributed by atoms with van der Waals surface area (Å²) in [7, 11) is 1.53. The molecule has 4 nitrogen and oxygen atoms in total. The molecule has 0 aromatic rings. The molecule has 0 spiro atoms. The first-order valence-electron chi connectivity index (χ1n) is 3.17. The Bertz CT molecular complexity index is 66.8. The molecule has 0 aliphatic heterocycles. The smallest absolute Gasteiger partial charge is 0.146 e. The number of aliphatic hydroxyl groups is 2. The Hall–Kier alpha value is -0.160. The van der Waals surface area contributed by atoms with Crippen LogP contribution in [0.15, 0.2) is 0 Å². The minimum absolute atomic E-state index is 0.212. The van der Waals surface area contributed by atoms with E-state index in [1.54, 1.807) is 0 Å². The standard InChI is InChI=1S/C6H14O4/c1-9-5-10-3-2-6(8)4-7/h6-8H,2-5H2,1H3/t6-/m0/s1. The van der Waals surface area contributed by atoms with Gasteiger partial charge in [0.25, 0.3) is 0 Å². The number of hydrogen-bond donors (Lipinski definition) is 2. The van der Waals surface area contributed by atoms with Crippen molar-refractivity contribution >= 4 is 0 Å². The van der Waals surface area contributed by atoms with E-state index in [0.29, 0.717) is 13.0 Å². The van der Waals surface area contributed by atoms with Gasteiger partial charge < -0.3 is 19.7 Å². The fraction of sp³-hybridized carbons (Fsp3) is 1.00. The van der Waals surface area contributed by atoms with Gasteiger partial charge in [-0.25, -0.2) is 0 Å². The van der Waals surface area contributed by atoms with E-state index in [0.717, 1.165) is 0 Å². The average Bonchev–Trinajstić information content (AvgIpc) is 1.98. The van der Waals surface area contributed by atoms with Crippen molar-refractivity contribution in [2.24, 2.45) is 0 Å². The minimum Gasteiger partial charge on any atom is -0.394 e. The quantitative estimate of drug-likeness (QED) is 0.390. The van der Waals surface area contributed by atoms with Gasteiger partial charge in [-0.05, 0) is 6.42 Å². The highest BCUT2D eigenvalue weighted by atomic mass is 16.7. The molecule has 4 heteroatoms. The molecule has 0 aromatic heterocycles. The van der Waals surface area contributed by atoms with E-state index in [2.05, 4.69) is 4.74 Å². The topological polar surface area (TPSA) is 58.9 Å². The van der Waals surface area contributed by atoms with Crippen molar-refractivity contribution in [1.29, 1.82) is 0 Å². The van der Waals surface area contributed by atoms with E-state index >= 15 is 0 Å². The predicted molar refractivity (Wildman–Crippen MR) is 35.5 cm³/mol. The predicted octanol–water partition coefficient (Wildman–Crippen LogP) is -0.650. The van der Waals surface area contributed by atoms with Crippen LogP contribution in [0.5, 0.6) is 0 Å². The van der Waals surface area contributed by atoms with E-state index in [1.807, 2.05) is 0 Å². The summed E-state index contributed by atoms with van der Waals surface area (Å²) in [5.74, 6) is 0. The number of methoxy groups -OCH3 is 1. The summed E-state index contributed by atoms with van der Waals surface area (Å²) in [5, 5.41) is 17.1. The van der Waals surface area contributed by atoms with Crippen LogP contribution >= 0.6 is 0 Å². The molecule has 0 radical (unpaired) electrons. The molecule has 0 saturated carbocycles. The van der Waals surface area contributed by atoms with Gasteiger partial charge in [-0.2, -0.15) is 0 Å². The van der Waals surface area contributed by atoms with Crippen LogP contribution in [-0.4, -0.2) is 43.4 Å². The SMILES string of the molecule is COCOCC[C@H](O)CO. The highest BCUT2D eigenvalue weighted by Gasteiger charge is 1.99. The van der Waals surface area contributed by atoms with Crippen molar-refractivity contribution < 1.29 is 19.7 Å². The maximum Gasteiger partial charge on any atom is 0.146 e. The van der Waals surface area contributed by atoms with Gasteiger partial charge in [0.05, 0.1) is 19.3 Å². The van der Waals surface area contributed by atoms with E-state index in [4.69, 9.17) is 14.9 Å². The number of ether oxygens (including phenoxy) is 2. The largest absolute Gasteiger partial charge is 0.394 e. The van der Waals surface area contributed by atoms with Crippen LogP contribution in [0.3, 0.4) is 0 Å². The normalized spacial score (nSPS) is 13.5. The maximum atomic E-state index is 8.79. The van der Waals surface area contributed by atoms with Crippen LogP contribution in [-0.2, 0) is 9.47 Å². The lowest BCUT2D eigenvalue weighted by Gasteiger charge is -2.06. The molecule has 10 heavy (non-hydrogen) atoms. The van der Waals surface area contributed by atoms with Gasteiger partial charge in [0.15, 0.2) is 0 Å². The van der Waals surface area contributed by atoms with E-state index < -0.39 is 6.10 Å². The molecule has 1 atom stereocenters. The van der Waals surface area contributed by atoms with Crippen LogP contribution in [0.1, 0.15) is 6.42 Å². The molecule has 0 aliphatic rings. The molecule has 62 valence electrons. The Kier molecular flexibility index (Phi) is 6.84. The number of aliphatic hydroxyl groups excluding tert-OH is 2. The molecule has 0 rings (SSSR count). The Morgan fingerprint density at radius 2 is 2.20 bits per heavy atom. The van der Waals surface area contributed by atoms with Crippen LogP contribution in [0.4, 0.5) is 0 Å². The fourth-order valence-electron chi connectivity index (χ4n) is 0.453. The monoisotopic (exact) mass is 150 g/mol. The van der Waals surface area contributed by atoms with Crippen molar-refractivity contribution in [1.82, 2.24) is 0 Å². The number of hydrogen-bond acceptors (Lipinski definition) is 4. The lowest BCUT2D eigenvalue weighted by Crippen LogP contribution is -2.15. The zero-order valence-corrected chi connectivity index (χ0v) is 6.12. The van der Waals surface area contributed by atoms with Crippen molar-refractivity contribution in [3.8, 4) is 0 Å². The summed E-state index contributed by atoms with van der Waals surface area (Å²) in [5.41, 5.74) is 0. The Morgan fingerprint density at radius 3 is 2.70 bits per heavy atom. The van der Waals surface area contributed by atoms with Gasteiger partial charge in [0, 0.05) is 7.11 Å². The molecule has 0 aromatic carbocycles. The lowest BCUT2D eigenvalue weighted by atomic mass is 10.3. The molecular weight excluding hydrogens is 136 g/mol. The second-order valence-electron chi connectivity index (χ2n) is 1.94. The van der Waals surface area contributed by atoms with E-state index in [-0.39, 0.29) is 13.4 Å². The Morgan fingerprint density at radius 1 is 1.50 bits per heavy atom. The maximum absolute atomic E-state index is 8.79. The summed E-state index contributed by atoms with van der Waals surface area (Å²) < 4.78 is 9.45. The molecule has 0 bridgehead atoms. The van der Waals surface area contributed by atoms with Crippen LogP contribution in [0.2, 0.25) is 0 Å². The highest BCUT2D eigenvalue weighted by Crippen LogP contribution is 1.90. The van der Waals surface area contributed by atoms with E-state index in [9.17, 15) is 0 Å². The Labute approximate surface area is 60.4 Å². The second kappa shape index (κ2) is 6.95. The van der Waals surface area contributed by atoms with Crippen LogP contribution in [0, 0.1) is 0 Å². The zero-order valence-electron chi connectivity index (χ0n) is 6.12. The van der Waals surface area contributed by atoms with Gasteiger partial charge in [0.2, 0.25) is 0 Å². The first-order chi connectivity index (χ1) is 4.81. The third-order valence-corrected chi connectivity index (χ3v) is 1.01. The molecule has 0 amide bonds. The molecule has 0 heterocycles. The van der Waals surface area contributed by atoms with Gasteiger partial charge in [-0.3, -0.25) is 0 Å². The third kappa shape index (κ3) is 5.97. The van der Waals surface area contributed by atoms with Crippen molar-refractivity contribution in [3.05, 3.63) is 0 Å². The van der Waals surface area contributed by atoms with E-state index in [1.165, 1.54) is 7.11 Å². The van der Waals surface area contributed by atoms with Gasteiger partial charge in [-0.15, -0.1) is 0 Å². The molecular formula is C6H14O4. The molecule has 0 saturated heterocycles. The number of rotatable bonds is 6. The van der Waals surface area contributed by atoms with Crippen molar-refractivity contribution in [2.75, 3.05) is 27.1 Å². The summed E-state index contributed by atoms with van der Waals surface area (Å²) >= 11 is 0. The van der Waals surface area contributed by atoms with Gasteiger partial charge >= 0.3 is 0 Å². The minimum atomic E-state index is -0.670. The van der Waals surface area contributed by atoms with Crippen LogP contribution in [0.25, 0.3) is 0 Å². The summed E-state index contributed by atoms with van der Waals surface area (Å²) in [6, 6.07) is 0. The summed E-state index contributed by atoms with van der Waals surface area (Å²) in [4.78, 5) is 0. The average molecular weight is 150 g/mol. The molecule has 2 N–H and O–H groups in total. The highest BCUT2D eigenvalue weighted by molar-refractivity contribution is 4.49. The lowest BCUT2D eigenvalue weighted by molar-refractivity contribution is -0.0435. The Balaban J connectivity index is 2.89.